The zero-order valence-corrected chi connectivity index (χ0v) is 13.3. The molecule has 2 aromatic rings. The van der Waals surface area contributed by atoms with Crippen molar-refractivity contribution in [1.82, 2.24) is 4.90 Å². The topological polar surface area (TPSA) is 42.7 Å². The minimum Gasteiger partial charge on any atom is -0.464 e. The molecule has 21 heavy (non-hydrogen) atoms. The van der Waals surface area contributed by atoms with Crippen molar-refractivity contribution in [2.75, 3.05) is 7.05 Å². The van der Waals surface area contributed by atoms with E-state index in [2.05, 4.69) is 6.07 Å². The summed E-state index contributed by atoms with van der Waals surface area (Å²) in [4.78, 5) is 13.7. The number of hydrogen-bond donors (Lipinski definition) is 0. The van der Waals surface area contributed by atoms with Gasteiger partial charge < -0.3 is 14.1 Å². The average molecular weight is 289 g/mol. The number of carbonyl (C=O) groups excluding carboxylic acids is 1. The van der Waals surface area contributed by atoms with Crippen molar-refractivity contribution in [3.63, 3.8) is 0 Å². The Hall–Kier alpha value is -1.97. The van der Waals surface area contributed by atoms with Gasteiger partial charge in [0, 0.05) is 18.5 Å². The molecule has 114 valence electrons. The number of amides is 1. The largest absolute Gasteiger partial charge is 0.464 e. The number of benzene rings is 1. The number of hydrogen-bond acceptors (Lipinski definition) is 3. The van der Waals surface area contributed by atoms with Gasteiger partial charge in [0.2, 0.25) is 0 Å². The molecule has 1 atom stereocenters. The maximum absolute atomic E-state index is 12.1. The van der Waals surface area contributed by atoms with Crippen LogP contribution in [0.2, 0.25) is 0 Å². The van der Waals surface area contributed by atoms with Gasteiger partial charge in [-0.05, 0) is 57.9 Å². The van der Waals surface area contributed by atoms with Crippen LogP contribution in [0, 0.1) is 0 Å². The van der Waals surface area contributed by atoms with Crippen molar-refractivity contribution in [2.45, 2.75) is 45.8 Å². The summed E-state index contributed by atoms with van der Waals surface area (Å²) in [6, 6.07) is 8.10. The van der Waals surface area contributed by atoms with Gasteiger partial charge in [-0.1, -0.05) is 6.07 Å². The fraction of sp³-hybridized carbons (Fsp3) is 0.471. The number of likely N-dealkylation sites (N-methyl/N-ethyl adjacent to an activating group) is 1. The zero-order chi connectivity index (χ0) is 15.6. The molecule has 0 saturated carbocycles. The van der Waals surface area contributed by atoms with Crippen LogP contribution < -0.4 is 0 Å². The molecule has 1 aromatic carbocycles. The second-order valence-electron chi connectivity index (χ2n) is 6.44. The summed E-state index contributed by atoms with van der Waals surface area (Å²) in [7, 11) is 1.77. The Morgan fingerprint density at radius 1 is 1.33 bits per heavy atom. The molecule has 0 unspecified atom stereocenters. The molecule has 0 aliphatic heterocycles. The van der Waals surface area contributed by atoms with E-state index in [1.807, 2.05) is 45.9 Å². The fourth-order valence-corrected chi connectivity index (χ4v) is 2.14. The number of furan rings is 1. The molecule has 1 amide bonds. The molecule has 4 nitrogen and oxygen atoms in total. The first kappa shape index (κ1) is 15.4. The molecule has 1 heterocycles. The van der Waals surface area contributed by atoms with Crippen LogP contribution in [0.3, 0.4) is 0 Å². The maximum Gasteiger partial charge on any atom is 0.410 e. The van der Waals surface area contributed by atoms with Crippen LogP contribution in [0.4, 0.5) is 4.79 Å². The quantitative estimate of drug-likeness (QED) is 0.849. The Bertz CT molecular complexity index is 624. The molecule has 4 heteroatoms. The predicted molar refractivity (Wildman–Crippen MR) is 83.4 cm³/mol. The van der Waals surface area contributed by atoms with Crippen LogP contribution in [0.25, 0.3) is 11.0 Å². The molecular weight excluding hydrogens is 266 g/mol. The first-order valence-corrected chi connectivity index (χ1v) is 7.18. The summed E-state index contributed by atoms with van der Waals surface area (Å²) in [6.07, 6.45) is 2.17. The van der Waals surface area contributed by atoms with E-state index < -0.39 is 5.60 Å². The van der Waals surface area contributed by atoms with E-state index in [9.17, 15) is 4.79 Å². The lowest BCUT2D eigenvalue weighted by molar-refractivity contribution is 0.0236. The molecule has 0 saturated heterocycles. The van der Waals surface area contributed by atoms with Gasteiger partial charge in [-0.3, -0.25) is 0 Å². The highest BCUT2D eigenvalue weighted by Crippen LogP contribution is 2.19. The number of fused-ring (bicyclic) bond motifs is 1. The third kappa shape index (κ3) is 4.00. The van der Waals surface area contributed by atoms with Crippen LogP contribution in [-0.2, 0) is 11.2 Å². The van der Waals surface area contributed by atoms with Gasteiger partial charge in [-0.25, -0.2) is 4.79 Å². The molecule has 2 rings (SSSR count). The predicted octanol–water partition coefficient (Wildman–Crippen LogP) is 4.23. The van der Waals surface area contributed by atoms with Crippen LogP contribution in [0.15, 0.2) is 34.9 Å². The Morgan fingerprint density at radius 2 is 2.05 bits per heavy atom. The second kappa shape index (κ2) is 5.80. The molecule has 0 radical (unpaired) electrons. The molecule has 0 N–H and O–H groups in total. The summed E-state index contributed by atoms with van der Waals surface area (Å²) >= 11 is 0. The van der Waals surface area contributed by atoms with E-state index in [1.54, 1.807) is 18.2 Å². The summed E-state index contributed by atoms with van der Waals surface area (Å²) in [5.41, 5.74) is 1.58. The lowest BCUT2D eigenvalue weighted by Crippen LogP contribution is -2.40. The Morgan fingerprint density at radius 3 is 2.71 bits per heavy atom. The molecule has 1 aromatic heterocycles. The van der Waals surface area contributed by atoms with E-state index in [4.69, 9.17) is 9.15 Å². The van der Waals surface area contributed by atoms with Crippen LogP contribution >= 0.6 is 0 Å². The van der Waals surface area contributed by atoms with Crippen molar-refractivity contribution < 1.29 is 13.9 Å². The molecular formula is C17H23NO3. The summed E-state index contributed by atoms with van der Waals surface area (Å²) in [6.45, 7) is 7.63. The average Bonchev–Trinajstić information content (AvgIpc) is 2.83. The van der Waals surface area contributed by atoms with Crippen molar-refractivity contribution in [3.8, 4) is 0 Å². The summed E-state index contributed by atoms with van der Waals surface area (Å²) in [5.74, 6) is 0. The smallest absolute Gasteiger partial charge is 0.410 e. The van der Waals surface area contributed by atoms with Gasteiger partial charge in [-0.15, -0.1) is 0 Å². The minimum atomic E-state index is -0.471. The highest BCUT2D eigenvalue weighted by molar-refractivity contribution is 5.77. The van der Waals surface area contributed by atoms with Gasteiger partial charge in [0.15, 0.2) is 0 Å². The Labute approximate surface area is 125 Å². The van der Waals surface area contributed by atoms with E-state index in [1.165, 1.54) is 5.56 Å². The molecule has 0 aliphatic rings. The zero-order valence-electron chi connectivity index (χ0n) is 13.3. The minimum absolute atomic E-state index is 0.0594. The van der Waals surface area contributed by atoms with Gasteiger partial charge in [0.05, 0.1) is 6.26 Å². The molecule has 0 spiro atoms. The summed E-state index contributed by atoms with van der Waals surface area (Å²) < 4.78 is 10.7. The van der Waals surface area contributed by atoms with Crippen molar-refractivity contribution in [3.05, 3.63) is 36.1 Å². The monoisotopic (exact) mass is 289 g/mol. The maximum atomic E-state index is 12.1. The normalized spacial score (nSPS) is 13.2. The SMILES string of the molecule is C[C@H](Cc1ccc2occc2c1)N(C)C(=O)OC(C)(C)C. The third-order valence-corrected chi connectivity index (χ3v) is 3.39. The first-order chi connectivity index (χ1) is 9.76. The second-order valence-corrected chi connectivity index (χ2v) is 6.44. The third-order valence-electron chi connectivity index (χ3n) is 3.39. The van der Waals surface area contributed by atoms with E-state index >= 15 is 0 Å². The van der Waals surface area contributed by atoms with Gasteiger partial charge in [-0.2, -0.15) is 0 Å². The van der Waals surface area contributed by atoms with E-state index in [0.717, 1.165) is 17.4 Å². The number of nitrogens with zero attached hydrogens (tertiary/aromatic N) is 1. The van der Waals surface area contributed by atoms with Gasteiger partial charge in [0.1, 0.15) is 11.2 Å². The molecule has 0 aliphatic carbocycles. The van der Waals surface area contributed by atoms with E-state index in [-0.39, 0.29) is 12.1 Å². The Kier molecular flexibility index (Phi) is 4.26. The highest BCUT2D eigenvalue weighted by atomic mass is 16.6. The highest BCUT2D eigenvalue weighted by Gasteiger charge is 2.23. The van der Waals surface area contributed by atoms with Crippen LogP contribution in [0.1, 0.15) is 33.3 Å². The van der Waals surface area contributed by atoms with Crippen LogP contribution in [0.5, 0.6) is 0 Å². The van der Waals surface area contributed by atoms with E-state index in [0.29, 0.717) is 0 Å². The Balaban J connectivity index is 2.02. The standard InChI is InChI=1S/C17H23NO3/c1-12(18(5)16(19)21-17(2,3)4)10-13-6-7-15-14(11-13)8-9-20-15/h6-9,11-12H,10H2,1-5H3/t12-/m1/s1. The number of ether oxygens (including phenoxy) is 1. The van der Waals surface area contributed by atoms with Crippen molar-refractivity contribution >= 4 is 17.1 Å². The lowest BCUT2D eigenvalue weighted by atomic mass is 10.0. The molecule has 0 bridgehead atoms. The van der Waals surface area contributed by atoms with Gasteiger partial charge in [0.25, 0.3) is 0 Å². The van der Waals surface area contributed by atoms with Gasteiger partial charge >= 0.3 is 6.09 Å². The fourth-order valence-electron chi connectivity index (χ4n) is 2.14. The lowest BCUT2D eigenvalue weighted by Gasteiger charge is -2.28. The van der Waals surface area contributed by atoms with Crippen molar-refractivity contribution in [2.24, 2.45) is 0 Å². The summed E-state index contributed by atoms with van der Waals surface area (Å²) in [5, 5.41) is 1.08. The molecule has 0 fully saturated rings. The number of rotatable bonds is 3. The van der Waals surface area contributed by atoms with Crippen molar-refractivity contribution in [1.29, 1.82) is 0 Å². The van der Waals surface area contributed by atoms with Crippen LogP contribution in [-0.4, -0.2) is 29.7 Å². The first-order valence-electron chi connectivity index (χ1n) is 7.18. The number of carbonyl (C=O) groups is 1.